The molecule has 0 aliphatic heterocycles. The molecule has 30 heavy (non-hydrogen) atoms. The topological polar surface area (TPSA) is 64.6 Å². The Labute approximate surface area is 176 Å². The van der Waals surface area contributed by atoms with Gasteiger partial charge < -0.3 is 14.8 Å². The number of anilines is 1. The molecule has 1 amide bonds. The van der Waals surface area contributed by atoms with Crippen molar-refractivity contribution in [3.63, 3.8) is 0 Å². The molecule has 0 unspecified atom stereocenters. The molecule has 0 radical (unpaired) electrons. The van der Waals surface area contributed by atoms with Crippen LogP contribution in [-0.2, 0) is 4.79 Å². The fourth-order valence-corrected chi connectivity index (χ4v) is 3.01. The summed E-state index contributed by atoms with van der Waals surface area (Å²) >= 11 is 0. The summed E-state index contributed by atoms with van der Waals surface area (Å²) in [7, 11) is 0. The van der Waals surface area contributed by atoms with E-state index in [0.29, 0.717) is 35.8 Å². The van der Waals surface area contributed by atoms with Crippen LogP contribution in [-0.4, -0.2) is 18.3 Å². The first-order chi connectivity index (χ1) is 14.6. The van der Waals surface area contributed by atoms with E-state index in [4.69, 9.17) is 9.47 Å². The van der Waals surface area contributed by atoms with Crippen LogP contribution in [0.5, 0.6) is 11.5 Å². The Morgan fingerprint density at radius 2 is 1.53 bits per heavy atom. The zero-order chi connectivity index (χ0) is 21.3. The molecule has 0 bridgehead atoms. The second kappa shape index (κ2) is 10.3. The van der Waals surface area contributed by atoms with Crippen molar-refractivity contribution in [3.8, 4) is 11.5 Å². The van der Waals surface area contributed by atoms with Crippen molar-refractivity contribution in [2.24, 2.45) is 0 Å². The highest BCUT2D eigenvalue weighted by molar-refractivity contribution is 5.97. The molecule has 0 saturated heterocycles. The van der Waals surface area contributed by atoms with Gasteiger partial charge in [0.15, 0.2) is 5.78 Å². The molecule has 3 aromatic rings. The van der Waals surface area contributed by atoms with Crippen molar-refractivity contribution in [3.05, 3.63) is 90.0 Å². The molecule has 1 N–H and O–H groups in total. The van der Waals surface area contributed by atoms with Crippen LogP contribution in [0.15, 0.2) is 78.9 Å². The zero-order valence-corrected chi connectivity index (χ0v) is 17.1. The van der Waals surface area contributed by atoms with Gasteiger partial charge in [-0.05, 0) is 43.3 Å². The third kappa shape index (κ3) is 5.26. The minimum Gasteiger partial charge on any atom is -0.492 e. The maximum Gasteiger partial charge on any atom is 0.270 e. The number of benzene rings is 3. The highest BCUT2D eigenvalue weighted by atomic mass is 16.5. The van der Waals surface area contributed by atoms with Gasteiger partial charge in [0.2, 0.25) is 6.10 Å². The van der Waals surface area contributed by atoms with Crippen LogP contribution < -0.4 is 14.8 Å². The maximum atomic E-state index is 13.1. The van der Waals surface area contributed by atoms with Gasteiger partial charge in [0.05, 0.1) is 12.3 Å². The van der Waals surface area contributed by atoms with Gasteiger partial charge in [-0.15, -0.1) is 0 Å². The quantitative estimate of drug-likeness (QED) is 0.484. The second-order valence-electron chi connectivity index (χ2n) is 6.63. The lowest BCUT2D eigenvalue weighted by molar-refractivity contribution is -0.123. The van der Waals surface area contributed by atoms with E-state index in [-0.39, 0.29) is 11.7 Å². The van der Waals surface area contributed by atoms with Gasteiger partial charge >= 0.3 is 0 Å². The van der Waals surface area contributed by atoms with Crippen molar-refractivity contribution in [1.82, 2.24) is 0 Å². The average molecular weight is 403 g/mol. The van der Waals surface area contributed by atoms with Crippen LogP contribution >= 0.6 is 0 Å². The Balaban J connectivity index is 1.85. The predicted molar refractivity (Wildman–Crippen MR) is 117 cm³/mol. The maximum absolute atomic E-state index is 13.1. The Bertz CT molecular complexity index is 984. The summed E-state index contributed by atoms with van der Waals surface area (Å²) in [5.74, 6) is 0.848. The standard InChI is InChI=1S/C25H25NO4/c1-3-22(27)18-14-16-20(17-15-18)30-24(19-10-6-5-7-11-19)25(28)26-21-12-8-9-13-23(21)29-4-2/h5-17,24H,3-4H2,1-2H3,(H,26,28)/t24-/m0/s1. The van der Waals surface area contributed by atoms with E-state index < -0.39 is 6.10 Å². The minimum atomic E-state index is -0.867. The van der Waals surface area contributed by atoms with E-state index in [2.05, 4.69) is 5.32 Å². The van der Waals surface area contributed by atoms with Crippen molar-refractivity contribution >= 4 is 17.4 Å². The number of carbonyl (C=O) groups is 2. The van der Waals surface area contributed by atoms with Crippen molar-refractivity contribution in [1.29, 1.82) is 0 Å². The first kappa shape index (κ1) is 21.1. The van der Waals surface area contributed by atoms with Crippen LogP contribution in [0.3, 0.4) is 0 Å². The molecule has 0 fully saturated rings. The van der Waals surface area contributed by atoms with Gasteiger partial charge in [0, 0.05) is 17.5 Å². The summed E-state index contributed by atoms with van der Waals surface area (Å²) in [6, 6.07) is 23.4. The van der Waals surface area contributed by atoms with E-state index in [0.717, 1.165) is 5.56 Å². The van der Waals surface area contributed by atoms with Crippen LogP contribution in [0.25, 0.3) is 0 Å². The monoisotopic (exact) mass is 403 g/mol. The first-order valence-electron chi connectivity index (χ1n) is 10.00. The minimum absolute atomic E-state index is 0.0615. The number of carbonyl (C=O) groups excluding carboxylic acids is 2. The Morgan fingerprint density at radius 1 is 0.867 bits per heavy atom. The summed E-state index contributed by atoms with van der Waals surface area (Å²) in [5, 5.41) is 2.91. The molecule has 0 spiro atoms. The average Bonchev–Trinajstić information content (AvgIpc) is 2.79. The Hall–Kier alpha value is -3.60. The van der Waals surface area contributed by atoms with Crippen LogP contribution in [0, 0.1) is 0 Å². The summed E-state index contributed by atoms with van der Waals surface area (Å²) in [4.78, 5) is 25.0. The van der Waals surface area contributed by atoms with Gasteiger partial charge in [-0.1, -0.05) is 49.4 Å². The number of ketones is 1. The highest BCUT2D eigenvalue weighted by Crippen LogP contribution is 2.28. The fraction of sp³-hybridized carbons (Fsp3) is 0.200. The first-order valence-corrected chi connectivity index (χ1v) is 10.00. The molecule has 154 valence electrons. The van der Waals surface area contributed by atoms with Crippen LogP contribution in [0.4, 0.5) is 5.69 Å². The molecule has 0 aromatic heterocycles. The lowest BCUT2D eigenvalue weighted by Crippen LogP contribution is -2.26. The summed E-state index contributed by atoms with van der Waals surface area (Å²) < 4.78 is 11.6. The fourth-order valence-electron chi connectivity index (χ4n) is 3.01. The lowest BCUT2D eigenvalue weighted by atomic mass is 10.1. The molecule has 0 saturated carbocycles. The molecule has 1 atom stereocenters. The number of ether oxygens (including phenoxy) is 2. The summed E-state index contributed by atoms with van der Waals surface area (Å²) in [5.41, 5.74) is 1.92. The number of hydrogen-bond acceptors (Lipinski definition) is 4. The normalized spacial score (nSPS) is 11.4. The van der Waals surface area contributed by atoms with Gasteiger partial charge in [-0.2, -0.15) is 0 Å². The molecule has 5 heteroatoms. The van der Waals surface area contributed by atoms with E-state index in [1.807, 2.05) is 56.3 Å². The number of nitrogens with one attached hydrogen (secondary N) is 1. The predicted octanol–water partition coefficient (Wildman–Crippen LogP) is 5.44. The number of hydrogen-bond donors (Lipinski definition) is 1. The number of rotatable bonds is 9. The second-order valence-corrected chi connectivity index (χ2v) is 6.63. The summed E-state index contributed by atoms with van der Waals surface area (Å²) in [6.45, 7) is 4.21. The SMILES string of the molecule is CCOc1ccccc1NC(=O)[C@@H](Oc1ccc(C(=O)CC)cc1)c1ccccc1. The number of Topliss-reactive ketones (excluding diaryl/α,β-unsaturated/α-hetero) is 1. The smallest absolute Gasteiger partial charge is 0.270 e. The Kier molecular flexibility index (Phi) is 7.22. The van der Waals surface area contributed by atoms with E-state index in [9.17, 15) is 9.59 Å². The molecule has 3 aromatic carbocycles. The van der Waals surface area contributed by atoms with E-state index >= 15 is 0 Å². The third-order valence-corrected chi connectivity index (χ3v) is 4.54. The van der Waals surface area contributed by atoms with Crippen molar-refractivity contribution in [2.45, 2.75) is 26.4 Å². The molecule has 5 nitrogen and oxygen atoms in total. The van der Waals surface area contributed by atoms with Gasteiger partial charge in [-0.3, -0.25) is 9.59 Å². The largest absolute Gasteiger partial charge is 0.492 e. The number of amides is 1. The summed E-state index contributed by atoms with van der Waals surface area (Å²) in [6.07, 6.45) is -0.428. The van der Waals surface area contributed by atoms with Crippen molar-refractivity contribution in [2.75, 3.05) is 11.9 Å². The zero-order valence-electron chi connectivity index (χ0n) is 17.1. The van der Waals surface area contributed by atoms with Gasteiger partial charge in [-0.25, -0.2) is 0 Å². The van der Waals surface area contributed by atoms with Crippen LogP contribution in [0.1, 0.15) is 42.3 Å². The molecular weight excluding hydrogens is 378 g/mol. The molecule has 3 rings (SSSR count). The molecular formula is C25H25NO4. The third-order valence-electron chi connectivity index (χ3n) is 4.54. The molecule has 0 aliphatic rings. The molecule has 0 aliphatic carbocycles. The Morgan fingerprint density at radius 3 is 2.20 bits per heavy atom. The van der Waals surface area contributed by atoms with E-state index in [1.54, 1.807) is 36.4 Å². The number of para-hydroxylation sites is 2. The lowest BCUT2D eigenvalue weighted by Gasteiger charge is -2.20. The van der Waals surface area contributed by atoms with Gasteiger partial charge in [0.25, 0.3) is 5.91 Å². The van der Waals surface area contributed by atoms with Gasteiger partial charge in [0.1, 0.15) is 11.5 Å². The van der Waals surface area contributed by atoms with E-state index in [1.165, 1.54) is 0 Å². The van der Waals surface area contributed by atoms with Crippen LogP contribution in [0.2, 0.25) is 0 Å². The highest BCUT2D eigenvalue weighted by Gasteiger charge is 2.24. The van der Waals surface area contributed by atoms with Crippen molar-refractivity contribution < 1.29 is 19.1 Å². The molecule has 0 heterocycles.